The molecule has 0 bridgehead atoms. The van der Waals surface area contributed by atoms with Crippen LogP contribution >= 0.6 is 15.9 Å². The van der Waals surface area contributed by atoms with Crippen LogP contribution in [0, 0.1) is 12.8 Å². The number of para-hydroxylation sites is 1. The molecule has 0 heterocycles. The number of sulfonamides is 1. The van der Waals surface area contributed by atoms with Gasteiger partial charge in [-0.05, 0) is 52.9 Å². The van der Waals surface area contributed by atoms with Crippen LogP contribution in [0.2, 0.25) is 0 Å². The van der Waals surface area contributed by atoms with E-state index < -0.39 is 28.5 Å². The van der Waals surface area contributed by atoms with Gasteiger partial charge in [0.15, 0.2) is 0 Å². The summed E-state index contributed by atoms with van der Waals surface area (Å²) in [5.74, 6) is -0.434. The summed E-state index contributed by atoms with van der Waals surface area (Å²) in [5.41, 5.74) is 2.27. The van der Waals surface area contributed by atoms with Gasteiger partial charge in [-0.15, -0.1) is 0 Å². The Labute approximate surface area is 211 Å². The Morgan fingerprint density at radius 1 is 1.09 bits per heavy atom. The molecule has 7 nitrogen and oxygen atoms in total. The topological polar surface area (TPSA) is 86.8 Å². The van der Waals surface area contributed by atoms with Gasteiger partial charge >= 0.3 is 0 Å². The van der Waals surface area contributed by atoms with Crippen LogP contribution in [-0.2, 0) is 26.2 Å². The molecule has 2 rings (SSSR count). The van der Waals surface area contributed by atoms with Gasteiger partial charge in [-0.25, -0.2) is 8.42 Å². The summed E-state index contributed by atoms with van der Waals surface area (Å²) in [6.07, 6.45) is 1.46. The van der Waals surface area contributed by atoms with Crippen molar-refractivity contribution >= 4 is 43.5 Å². The lowest BCUT2D eigenvalue weighted by Crippen LogP contribution is -2.52. The minimum absolute atomic E-state index is 0.196. The largest absolute Gasteiger partial charge is 0.354 e. The van der Waals surface area contributed by atoms with E-state index in [2.05, 4.69) is 21.2 Å². The first-order chi connectivity index (χ1) is 15.9. The molecule has 0 spiro atoms. The van der Waals surface area contributed by atoms with Crippen LogP contribution in [0.15, 0.2) is 53.0 Å². The highest BCUT2D eigenvalue weighted by atomic mass is 79.9. The van der Waals surface area contributed by atoms with E-state index in [1.165, 1.54) is 4.90 Å². The van der Waals surface area contributed by atoms with E-state index in [9.17, 15) is 18.0 Å². The van der Waals surface area contributed by atoms with Gasteiger partial charge in [0.05, 0.1) is 11.9 Å². The first kappa shape index (κ1) is 27.9. The molecule has 0 aliphatic carbocycles. The van der Waals surface area contributed by atoms with Gasteiger partial charge in [-0.2, -0.15) is 0 Å². The first-order valence-electron chi connectivity index (χ1n) is 11.3. The Bertz CT molecular complexity index is 1100. The van der Waals surface area contributed by atoms with Crippen LogP contribution in [-0.4, -0.2) is 50.5 Å². The lowest BCUT2D eigenvalue weighted by atomic mass is 10.1. The number of carbonyl (C=O) groups excluding carboxylic acids is 2. The van der Waals surface area contributed by atoms with Crippen LogP contribution < -0.4 is 9.62 Å². The Hall–Kier alpha value is -2.39. The molecule has 0 fully saturated rings. The minimum atomic E-state index is -3.77. The maximum atomic E-state index is 13.6. The first-order valence-corrected chi connectivity index (χ1v) is 13.9. The molecule has 186 valence electrons. The molecule has 2 aromatic rings. The zero-order valence-corrected chi connectivity index (χ0v) is 22.8. The van der Waals surface area contributed by atoms with Crippen molar-refractivity contribution in [1.82, 2.24) is 10.2 Å². The second-order valence-corrected chi connectivity index (χ2v) is 11.6. The molecule has 0 unspecified atom stereocenters. The van der Waals surface area contributed by atoms with Gasteiger partial charge in [-0.1, -0.05) is 62.7 Å². The second-order valence-electron chi connectivity index (χ2n) is 8.79. The summed E-state index contributed by atoms with van der Waals surface area (Å²) in [5, 5.41) is 2.92. The predicted molar refractivity (Wildman–Crippen MR) is 140 cm³/mol. The molecule has 0 aliphatic heterocycles. The zero-order valence-electron chi connectivity index (χ0n) is 20.4. The molecule has 0 aliphatic rings. The number of nitrogens with one attached hydrogen (secondary N) is 1. The molecule has 0 saturated carbocycles. The lowest BCUT2D eigenvalue weighted by Gasteiger charge is -2.33. The van der Waals surface area contributed by atoms with Crippen molar-refractivity contribution in [3.8, 4) is 0 Å². The van der Waals surface area contributed by atoms with E-state index in [1.807, 2.05) is 52.0 Å². The third-order valence-corrected chi connectivity index (χ3v) is 7.10. The van der Waals surface area contributed by atoms with Crippen molar-refractivity contribution in [2.24, 2.45) is 5.92 Å². The molecular formula is C25H34BrN3O4S. The fourth-order valence-electron chi connectivity index (χ4n) is 3.60. The fraction of sp³-hybridized carbons (Fsp3) is 0.440. The number of carbonyl (C=O) groups is 2. The summed E-state index contributed by atoms with van der Waals surface area (Å²) in [4.78, 5) is 28.2. The number of halogens is 1. The van der Waals surface area contributed by atoms with Gasteiger partial charge in [-0.3, -0.25) is 13.9 Å². The van der Waals surface area contributed by atoms with E-state index in [4.69, 9.17) is 0 Å². The molecule has 2 amide bonds. The molecule has 0 saturated heterocycles. The lowest BCUT2D eigenvalue weighted by molar-refractivity contribution is -0.140. The number of amides is 2. The summed E-state index contributed by atoms with van der Waals surface area (Å²) < 4.78 is 26.9. The van der Waals surface area contributed by atoms with E-state index in [0.717, 1.165) is 21.7 Å². The fourth-order valence-corrected chi connectivity index (χ4v) is 5.08. The van der Waals surface area contributed by atoms with Gasteiger partial charge in [0.1, 0.15) is 12.6 Å². The SMILES string of the molecule is CC[C@@H](C(=O)NCC(C)C)N(Cc1cccc(C)c1)C(=O)CN(c1ccccc1Br)S(C)(=O)=O. The second kappa shape index (κ2) is 12.4. The van der Waals surface area contributed by atoms with E-state index >= 15 is 0 Å². The summed E-state index contributed by atoms with van der Waals surface area (Å²) >= 11 is 3.38. The van der Waals surface area contributed by atoms with Crippen LogP contribution in [0.25, 0.3) is 0 Å². The van der Waals surface area contributed by atoms with Gasteiger partial charge in [0, 0.05) is 17.6 Å². The minimum Gasteiger partial charge on any atom is -0.354 e. The molecule has 34 heavy (non-hydrogen) atoms. The normalized spacial score (nSPS) is 12.3. The standard InChI is InChI=1S/C25H34BrN3O4S/c1-6-22(25(31)27-15-18(2)3)28(16-20-11-9-10-19(4)14-20)24(30)17-29(34(5,32)33)23-13-8-7-12-21(23)26/h7-14,18,22H,6,15-17H2,1-5H3,(H,27,31)/t22-/m0/s1. The summed E-state index contributed by atoms with van der Waals surface area (Å²) in [6, 6.07) is 13.8. The molecule has 0 radical (unpaired) electrons. The Morgan fingerprint density at radius 3 is 2.32 bits per heavy atom. The van der Waals surface area contributed by atoms with Crippen molar-refractivity contribution in [3.63, 3.8) is 0 Å². The van der Waals surface area contributed by atoms with Gasteiger partial charge in [0.2, 0.25) is 21.8 Å². The Kier molecular flexibility index (Phi) is 10.1. The number of benzene rings is 2. The maximum Gasteiger partial charge on any atom is 0.244 e. The van der Waals surface area contributed by atoms with E-state index in [1.54, 1.807) is 24.3 Å². The van der Waals surface area contributed by atoms with Crippen molar-refractivity contribution in [1.29, 1.82) is 0 Å². The smallest absolute Gasteiger partial charge is 0.244 e. The number of anilines is 1. The average Bonchev–Trinajstić information content (AvgIpc) is 2.75. The molecule has 1 N–H and O–H groups in total. The highest BCUT2D eigenvalue weighted by Crippen LogP contribution is 2.28. The quantitative estimate of drug-likeness (QED) is 0.455. The maximum absolute atomic E-state index is 13.6. The van der Waals surface area contributed by atoms with Crippen molar-refractivity contribution in [2.75, 3.05) is 23.7 Å². The van der Waals surface area contributed by atoms with Crippen LogP contribution in [0.1, 0.15) is 38.3 Å². The number of rotatable bonds is 11. The van der Waals surface area contributed by atoms with Crippen molar-refractivity contribution < 1.29 is 18.0 Å². The molecule has 0 aromatic heterocycles. The number of nitrogens with zero attached hydrogens (tertiary/aromatic N) is 2. The van der Waals surface area contributed by atoms with Crippen LogP contribution in [0.5, 0.6) is 0 Å². The third-order valence-electron chi connectivity index (χ3n) is 5.31. The van der Waals surface area contributed by atoms with Crippen molar-refractivity contribution in [3.05, 3.63) is 64.1 Å². The van der Waals surface area contributed by atoms with E-state index in [0.29, 0.717) is 23.1 Å². The highest BCUT2D eigenvalue weighted by molar-refractivity contribution is 9.10. The number of hydrogen-bond donors (Lipinski definition) is 1. The molecule has 1 atom stereocenters. The summed E-state index contributed by atoms with van der Waals surface area (Å²) in [7, 11) is -3.77. The molecule has 9 heteroatoms. The van der Waals surface area contributed by atoms with Gasteiger partial charge < -0.3 is 10.2 Å². The number of hydrogen-bond acceptors (Lipinski definition) is 4. The Morgan fingerprint density at radius 2 is 1.76 bits per heavy atom. The Balaban J connectivity index is 2.43. The van der Waals surface area contributed by atoms with Crippen molar-refractivity contribution in [2.45, 2.75) is 46.7 Å². The van der Waals surface area contributed by atoms with Crippen LogP contribution in [0.4, 0.5) is 5.69 Å². The monoisotopic (exact) mass is 551 g/mol. The average molecular weight is 553 g/mol. The number of aryl methyl sites for hydroxylation is 1. The van der Waals surface area contributed by atoms with Gasteiger partial charge in [0.25, 0.3) is 0 Å². The predicted octanol–water partition coefficient (Wildman–Crippen LogP) is 4.10. The molecular weight excluding hydrogens is 518 g/mol. The van der Waals surface area contributed by atoms with E-state index in [-0.39, 0.29) is 18.4 Å². The summed E-state index contributed by atoms with van der Waals surface area (Å²) in [6.45, 7) is 8.08. The zero-order chi connectivity index (χ0) is 25.5. The highest BCUT2D eigenvalue weighted by Gasteiger charge is 2.32. The molecule has 2 aromatic carbocycles. The van der Waals surface area contributed by atoms with Crippen LogP contribution in [0.3, 0.4) is 0 Å². The third kappa shape index (κ3) is 7.84.